The molecule has 6 heteroatoms. The smallest absolute Gasteiger partial charge is 0.315 e. The Kier molecular flexibility index (Phi) is 5.16. The number of aliphatic hydroxyl groups excluding tert-OH is 1. The summed E-state index contributed by atoms with van der Waals surface area (Å²) in [5.41, 5.74) is 1.90. The lowest BCUT2D eigenvalue weighted by Gasteiger charge is -2.16. The van der Waals surface area contributed by atoms with Crippen molar-refractivity contribution in [3.8, 4) is 0 Å². The molecule has 1 heterocycles. The Balaban J connectivity index is 2.20. The topological polar surface area (TPSA) is 77.5 Å². The van der Waals surface area contributed by atoms with Crippen molar-refractivity contribution in [1.82, 2.24) is 15.6 Å². The third kappa shape index (κ3) is 3.85. The van der Waals surface area contributed by atoms with E-state index in [4.69, 9.17) is 5.11 Å². The number of pyridine rings is 1. The van der Waals surface area contributed by atoms with Gasteiger partial charge in [0.1, 0.15) is 5.82 Å². The second-order valence-corrected chi connectivity index (χ2v) is 5.46. The largest absolute Gasteiger partial charge is 0.394 e. The molecular formula is C16H22N4O2. The van der Waals surface area contributed by atoms with E-state index < -0.39 is 0 Å². The van der Waals surface area contributed by atoms with Crippen molar-refractivity contribution >= 4 is 22.8 Å². The average Bonchev–Trinajstić information content (AvgIpc) is 2.52. The number of para-hydroxylation sites is 1. The third-order valence-electron chi connectivity index (χ3n) is 3.34. The number of nitrogens with zero attached hydrogens (tertiary/aromatic N) is 2. The van der Waals surface area contributed by atoms with Crippen LogP contribution in [0, 0.1) is 0 Å². The Hall–Kier alpha value is -2.34. The molecule has 1 aromatic carbocycles. The molecule has 1 aromatic heterocycles. The van der Waals surface area contributed by atoms with Gasteiger partial charge in [-0.05, 0) is 24.6 Å². The molecule has 1 unspecified atom stereocenters. The summed E-state index contributed by atoms with van der Waals surface area (Å²) in [6, 6.07) is 9.25. The number of aliphatic hydroxyl groups is 1. The molecule has 0 spiro atoms. The van der Waals surface area contributed by atoms with Crippen LogP contribution in [0.3, 0.4) is 0 Å². The highest BCUT2D eigenvalue weighted by Crippen LogP contribution is 2.21. The normalized spacial score (nSPS) is 12.0. The van der Waals surface area contributed by atoms with Crippen LogP contribution in [0.25, 0.3) is 10.9 Å². The number of hydrogen-bond donors (Lipinski definition) is 3. The molecule has 22 heavy (non-hydrogen) atoms. The summed E-state index contributed by atoms with van der Waals surface area (Å²) in [6.45, 7) is 2.05. The van der Waals surface area contributed by atoms with E-state index in [0.717, 1.165) is 22.3 Å². The number of aromatic nitrogens is 1. The van der Waals surface area contributed by atoms with E-state index in [0.29, 0.717) is 6.54 Å². The highest BCUT2D eigenvalue weighted by atomic mass is 16.3. The summed E-state index contributed by atoms with van der Waals surface area (Å²) >= 11 is 0. The highest BCUT2D eigenvalue weighted by Gasteiger charge is 2.09. The van der Waals surface area contributed by atoms with Crippen molar-refractivity contribution in [2.45, 2.75) is 19.5 Å². The van der Waals surface area contributed by atoms with E-state index in [2.05, 4.69) is 15.6 Å². The van der Waals surface area contributed by atoms with Gasteiger partial charge in [0, 0.05) is 26.0 Å². The van der Waals surface area contributed by atoms with Crippen LogP contribution in [0.5, 0.6) is 0 Å². The number of anilines is 1. The fourth-order valence-corrected chi connectivity index (χ4v) is 2.10. The molecule has 2 amide bonds. The molecule has 2 aromatic rings. The first-order chi connectivity index (χ1) is 10.5. The number of hydrogen-bond acceptors (Lipinski definition) is 4. The second-order valence-electron chi connectivity index (χ2n) is 5.46. The van der Waals surface area contributed by atoms with Crippen LogP contribution in [0.2, 0.25) is 0 Å². The summed E-state index contributed by atoms with van der Waals surface area (Å²) < 4.78 is 0. The summed E-state index contributed by atoms with van der Waals surface area (Å²) in [6.07, 6.45) is 0. The maximum atomic E-state index is 11.8. The number of benzene rings is 1. The Bertz CT molecular complexity index is 658. The van der Waals surface area contributed by atoms with Gasteiger partial charge in [0.25, 0.3) is 0 Å². The SMILES string of the molecule is CC(CO)NC(=O)NCc1cc(N(C)C)nc2ccccc12. The third-order valence-corrected chi connectivity index (χ3v) is 3.34. The van der Waals surface area contributed by atoms with Crippen molar-refractivity contribution < 1.29 is 9.90 Å². The molecule has 0 bridgehead atoms. The van der Waals surface area contributed by atoms with Crippen LogP contribution in [-0.2, 0) is 6.54 Å². The molecule has 0 radical (unpaired) electrons. The summed E-state index contributed by atoms with van der Waals surface area (Å²) in [4.78, 5) is 18.3. The van der Waals surface area contributed by atoms with E-state index in [1.165, 1.54) is 0 Å². The fourth-order valence-electron chi connectivity index (χ4n) is 2.10. The number of amides is 2. The minimum atomic E-state index is -0.297. The van der Waals surface area contributed by atoms with Gasteiger partial charge in [-0.15, -0.1) is 0 Å². The predicted octanol–water partition coefficient (Wildman–Crippen LogP) is 1.48. The van der Waals surface area contributed by atoms with Gasteiger partial charge >= 0.3 is 6.03 Å². The monoisotopic (exact) mass is 302 g/mol. The van der Waals surface area contributed by atoms with Crippen LogP contribution in [0.15, 0.2) is 30.3 Å². The van der Waals surface area contributed by atoms with Crippen molar-refractivity contribution in [1.29, 1.82) is 0 Å². The Labute approximate surface area is 130 Å². The summed E-state index contributed by atoms with van der Waals surface area (Å²) in [7, 11) is 3.87. The zero-order chi connectivity index (χ0) is 16.1. The lowest BCUT2D eigenvalue weighted by atomic mass is 10.1. The number of fused-ring (bicyclic) bond motifs is 1. The van der Waals surface area contributed by atoms with Crippen LogP contribution in [0.1, 0.15) is 12.5 Å². The first-order valence-electron chi connectivity index (χ1n) is 7.22. The Morgan fingerprint density at radius 1 is 1.36 bits per heavy atom. The maximum Gasteiger partial charge on any atom is 0.315 e. The zero-order valence-corrected chi connectivity index (χ0v) is 13.1. The molecule has 2 rings (SSSR count). The van der Waals surface area contributed by atoms with Crippen molar-refractivity contribution in [3.05, 3.63) is 35.9 Å². The van der Waals surface area contributed by atoms with Gasteiger partial charge in [0.15, 0.2) is 0 Å². The first kappa shape index (κ1) is 16.0. The minimum Gasteiger partial charge on any atom is -0.394 e. The van der Waals surface area contributed by atoms with Gasteiger partial charge in [-0.1, -0.05) is 18.2 Å². The number of carbonyl (C=O) groups excluding carboxylic acids is 1. The molecule has 0 aliphatic rings. The fraction of sp³-hybridized carbons (Fsp3) is 0.375. The van der Waals surface area contributed by atoms with Crippen LogP contribution in [0.4, 0.5) is 10.6 Å². The number of carbonyl (C=O) groups is 1. The quantitative estimate of drug-likeness (QED) is 0.782. The first-order valence-corrected chi connectivity index (χ1v) is 7.22. The van der Waals surface area contributed by atoms with Gasteiger partial charge in [-0.25, -0.2) is 9.78 Å². The van der Waals surface area contributed by atoms with Crippen molar-refractivity contribution in [3.63, 3.8) is 0 Å². The number of rotatable bonds is 5. The standard InChI is InChI=1S/C16H22N4O2/c1-11(10-21)18-16(22)17-9-12-8-15(20(2)3)19-14-7-5-4-6-13(12)14/h4-8,11,21H,9-10H2,1-3H3,(H2,17,18,22). The molecule has 0 saturated carbocycles. The Morgan fingerprint density at radius 3 is 2.77 bits per heavy atom. The molecular weight excluding hydrogens is 280 g/mol. The Morgan fingerprint density at radius 2 is 2.09 bits per heavy atom. The van der Waals surface area contributed by atoms with E-state index in [9.17, 15) is 4.79 Å². The van der Waals surface area contributed by atoms with Gasteiger partial charge in [0.05, 0.1) is 18.2 Å². The second kappa shape index (κ2) is 7.09. The lowest BCUT2D eigenvalue weighted by molar-refractivity contribution is 0.220. The van der Waals surface area contributed by atoms with Crippen molar-refractivity contribution in [2.24, 2.45) is 0 Å². The van der Waals surface area contributed by atoms with Crippen LogP contribution >= 0.6 is 0 Å². The van der Waals surface area contributed by atoms with Gasteiger partial charge in [-0.3, -0.25) is 0 Å². The number of nitrogens with one attached hydrogen (secondary N) is 2. The maximum absolute atomic E-state index is 11.8. The summed E-state index contributed by atoms with van der Waals surface area (Å²) in [5, 5.41) is 15.4. The lowest BCUT2D eigenvalue weighted by Crippen LogP contribution is -2.42. The molecule has 1 atom stereocenters. The average molecular weight is 302 g/mol. The summed E-state index contributed by atoms with van der Waals surface area (Å²) in [5.74, 6) is 0.847. The van der Waals surface area contributed by atoms with E-state index in [1.807, 2.05) is 49.3 Å². The molecule has 0 fully saturated rings. The molecule has 0 saturated heterocycles. The predicted molar refractivity (Wildman–Crippen MR) is 88.0 cm³/mol. The van der Waals surface area contributed by atoms with Gasteiger partial charge in [0.2, 0.25) is 0 Å². The van der Waals surface area contributed by atoms with E-state index >= 15 is 0 Å². The van der Waals surface area contributed by atoms with E-state index in [1.54, 1.807) is 6.92 Å². The highest BCUT2D eigenvalue weighted by molar-refractivity contribution is 5.84. The molecule has 6 nitrogen and oxygen atoms in total. The zero-order valence-electron chi connectivity index (χ0n) is 13.1. The van der Waals surface area contributed by atoms with Gasteiger partial charge in [-0.2, -0.15) is 0 Å². The molecule has 0 aliphatic carbocycles. The van der Waals surface area contributed by atoms with Crippen LogP contribution < -0.4 is 15.5 Å². The molecule has 118 valence electrons. The van der Waals surface area contributed by atoms with Gasteiger partial charge < -0.3 is 20.6 Å². The number of urea groups is 1. The van der Waals surface area contributed by atoms with Crippen LogP contribution in [-0.4, -0.2) is 42.9 Å². The van der Waals surface area contributed by atoms with E-state index in [-0.39, 0.29) is 18.7 Å². The van der Waals surface area contributed by atoms with Crippen molar-refractivity contribution in [2.75, 3.05) is 25.6 Å². The molecule has 3 N–H and O–H groups in total. The molecule has 0 aliphatic heterocycles. The minimum absolute atomic E-state index is 0.0869.